The Labute approximate surface area is 102 Å². The molecule has 3 atom stereocenters. The van der Waals surface area contributed by atoms with Gasteiger partial charge in [-0.1, -0.05) is 19.4 Å². The first kappa shape index (κ1) is 12.3. The molecule has 94 valence electrons. The van der Waals surface area contributed by atoms with Gasteiger partial charge in [-0.05, 0) is 37.7 Å². The summed E-state index contributed by atoms with van der Waals surface area (Å²) in [6.45, 7) is 3.72. The van der Waals surface area contributed by atoms with Gasteiger partial charge in [-0.2, -0.15) is 0 Å². The topological polar surface area (TPSA) is 43.4 Å². The summed E-state index contributed by atoms with van der Waals surface area (Å²) in [6.07, 6.45) is 5.91. The van der Waals surface area contributed by atoms with Gasteiger partial charge in [-0.3, -0.25) is 9.59 Å². The summed E-state index contributed by atoms with van der Waals surface area (Å²) in [5.74, 6) is 0.366. The summed E-state index contributed by atoms with van der Waals surface area (Å²) in [4.78, 5) is 23.3. The average Bonchev–Trinajstić information content (AvgIpc) is 2.65. The number of methoxy groups -OCH3 is 1. The van der Waals surface area contributed by atoms with Crippen molar-refractivity contribution in [3.8, 4) is 0 Å². The molecule has 0 bridgehead atoms. The highest BCUT2D eigenvalue weighted by atomic mass is 16.5. The summed E-state index contributed by atoms with van der Waals surface area (Å²) >= 11 is 0. The molecule has 2 aliphatic carbocycles. The van der Waals surface area contributed by atoms with Crippen LogP contribution in [-0.2, 0) is 14.3 Å². The van der Waals surface area contributed by atoms with E-state index in [1.54, 1.807) is 6.92 Å². The molecule has 0 N–H and O–H groups in total. The van der Waals surface area contributed by atoms with Crippen molar-refractivity contribution in [1.82, 2.24) is 0 Å². The monoisotopic (exact) mass is 236 g/mol. The van der Waals surface area contributed by atoms with Gasteiger partial charge in [0.25, 0.3) is 0 Å². The molecule has 0 radical (unpaired) electrons. The fourth-order valence-corrected chi connectivity index (χ4v) is 3.47. The van der Waals surface area contributed by atoms with Crippen molar-refractivity contribution < 1.29 is 14.3 Å². The molecular formula is C14H20O3. The zero-order valence-corrected chi connectivity index (χ0v) is 10.8. The number of ketones is 1. The number of hydrogen-bond acceptors (Lipinski definition) is 3. The SMILES string of the molecule is COC(=O)C1CCCC2CC(C(C)=O)=CC21C. The normalized spacial score (nSPS) is 36.1. The molecule has 17 heavy (non-hydrogen) atoms. The van der Waals surface area contributed by atoms with Crippen LogP contribution in [0.25, 0.3) is 0 Å². The maximum absolute atomic E-state index is 11.9. The Bertz CT molecular complexity index is 383. The number of Topliss-reactive ketones (excluding diaryl/α,β-unsaturated/α-hetero) is 1. The van der Waals surface area contributed by atoms with E-state index in [2.05, 4.69) is 6.92 Å². The lowest BCUT2D eigenvalue weighted by molar-refractivity contribution is -0.151. The van der Waals surface area contributed by atoms with Crippen molar-refractivity contribution >= 4 is 11.8 Å². The number of fused-ring (bicyclic) bond motifs is 1. The van der Waals surface area contributed by atoms with Crippen LogP contribution in [0.15, 0.2) is 11.6 Å². The molecule has 0 aromatic heterocycles. The molecule has 0 heterocycles. The van der Waals surface area contributed by atoms with Gasteiger partial charge >= 0.3 is 5.97 Å². The Hall–Kier alpha value is -1.12. The molecule has 3 nitrogen and oxygen atoms in total. The molecule has 0 aromatic rings. The Kier molecular flexibility index (Phi) is 3.11. The van der Waals surface area contributed by atoms with Crippen molar-refractivity contribution in [2.75, 3.05) is 7.11 Å². The molecule has 1 fully saturated rings. The molecule has 2 rings (SSSR count). The number of allylic oxidation sites excluding steroid dienone is 2. The quantitative estimate of drug-likeness (QED) is 0.692. The fourth-order valence-electron chi connectivity index (χ4n) is 3.47. The predicted octanol–water partition coefficient (Wildman–Crippen LogP) is 2.50. The summed E-state index contributed by atoms with van der Waals surface area (Å²) in [7, 11) is 1.44. The minimum Gasteiger partial charge on any atom is -0.469 e. The van der Waals surface area contributed by atoms with Crippen molar-refractivity contribution in [3.63, 3.8) is 0 Å². The number of esters is 1. The number of hydrogen-bond donors (Lipinski definition) is 0. The van der Waals surface area contributed by atoms with Crippen LogP contribution >= 0.6 is 0 Å². The van der Waals surface area contributed by atoms with E-state index in [-0.39, 0.29) is 23.1 Å². The molecule has 0 amide bonds. The summed E-state index contributed by atoms with van der Waals surface area (Å²) < 4.78 is 4.91. The lowest BCUT2D eigenvalue weighted by Crippen LogP contribution is -2.39. The highest BCUT2D eigenvalue weighted by Gasteiger charge is 2.50. The van der Waals surface area contributed by atoms with Crippen LogP contribution in [0.2, 0.25) is 0 Å². The van der Waals surface area contributed by atoms with Gasteiger partial charge in [-0.25, -0.2) is 0 Å². The Balaban J connectivity index is 2.32. The van der Waals surface area contributed by atoms with Crippen LogP contribution in [0.4, 0.5) is 0 Å². The third kappa shape index (κ3) is 1.92. The minimum atomic E-state index is -0.174. The smallest absolute Gasteiger partial charge is 0.309 e. The molecule has 0 spiro atoms. The van der Waals surface area contributed by atoms with Gasteiger partial charge in [0, 0.05) is 5.41 Å². The summed E-state index contributed by atoms with van der Waals surface area (Å²) in [6, 6.07) is 0. The van der Waals surface area contributed by atoms with Crippen LogP contribution in [0, 0.1) is 17.3 Å². The van der Waals surface area contributed by atoms with E-state index < -0.39 is 0 Å². The lowest BCUT2D eigenvalue weighted by Gasteiger charge is -2.41. The molecule has 2 aliphatic rings. The highest BCUT2D eigenvalue weighted by Crippen LogP contribution is 2.53. The minimum absolute atomic E-state index is 0.0805. The maximum atomic E-state index is 11.9. The van der Waals surface area contributed by atoms with E-state index in [9.17, 15) is 9.59 Å². The molecule has 3 unspecified atom stereocenters. The number of ether oxygens (including phenoxy) is 1. The molecule has 0 aromatic carbocycles. The summed E-state index contributed by atoms with van der Waals surface area (Å²) in [5.41, 5.74) is 0.722. The molecule has 1 saturated carbocycles. The molecule has 3 heteroatoms. The van der Waals surface area contributed by atoms with E-state index in [0.717, 1.165) is 31.3 Å². The van der Waals surface area contributed by atoms with Crippen LogP contribution < -0.4 is 0 Å². The predicted molar refractivity (Wildman–Crippen MR) is 64.3 cm³/mol. The zero-order valence-electron chi connectivity index (χ0n) is 10.8. The third-order valence-corrected chi connectivity index (χ3v) is 4.57. The van der Waals surface area contributed by atoms with Gasteiger partial charge in [0.05, 0.1) is 13.0 Å². The van der Waals surface area contributed by atoms with E-state index in [1.807, 2.05) is 6.08 Å². The number of carbonyl (C=O) groups is 2. The first-order valence-corrected chi connectivity index (χ1v) is 6.29. The van der Waals surface area contributed by atoms with Crippen LogP contribution in [-0.4, -0.2) is 18.9 Å². The van der Waals surface area contributed by atoms with Crippen LogP contribution in [0.5, 0.6) is 0 Å². The number of rotatable bonds is 2. The van der Waals surface area contributed by atoms with Gasteiger partial charge in [0.15, 0.2) is 5.78 Å². The molecule has 0 aliphatic heterocycles. The van der Waals surface area contributed by atoms with Crippen molar-refractivity contribution in [1.29, 1.82) is 0 Å². The van der Waals surface area contributed by atoms with Crippen LogP contribution in [0.1, 0.15) is 39.5 Å². The maximum Gasteiger partial charge on any atom is 0.309 e. The van der Waals surface area contributed by atoms with E-state index in [0.29, 0.717) is 5.92 Å². The second kappa shape index (κ2) is 4.28. The van der Waals surface area contributed by atoms with Crippen molar-refractivity contribution in [3.05, 3.63) is 11.6 Å². The van der Waals surface area contributed by atoms with Crippen molar-refractivity contribution in [2.45, 2.75) is 39.5 Å². The van der Waals surface area contributed by atoms with Gasteiger partial charge < -0.3 is 4.74 Å². The average molecular weight is 236 g/mol. The Morgan fingerprint density at radius 3 is 2.71 bits per heavy atom. The standard InChI is InChI=1S/C14H20O3/c1-9(15)10-7-11-5-4-6-12(13(16)17-3)14(11,2)8-10/h8,11-12H,4-7H2,1-3H3. The summed E-state index contributed by atoms with van der Waals surface area (Å²) in [5, 5.41) is 0. The van der Waals surface area contributed by atoms with E-state index in [1.165, 1.54) is 7.11 Å². The van der Waals surface area contributed by atoms with Crippen LogP contribution in [0.3, 0.4) is 0 Å². The molecular weight excluding hydrogens is 216 g/mol. The first-order chi connectivity index (χ1) is 7.99. The second-order valence-corrected chi connectivity index (χ2v) is 5.50. The van der Waals surface area contributed by atoms with Crippen molar-refractivity contribution in [2.24, 2.45) is 17.3 Å². The van der Waals surface area contributed by atoms with E-state index >= 15 is 0 Å². The highest BCUT2D eigenvalue weighted by molar-refractivity contribution is 5.94. The second-order valence-electron chi connectivity index (χ2n) is 5.50. The zero-order chi connectivity index (χ0) is 12.6. The van der Waals surface area contributed by atoms with Gasteiger partial charge in [-0.15, -0.1) is 0 Å². The molecule has 0 saturated heterocycles. The number of carbonyl (C=O) groups excluding carboxylic acids is 2. The van der Waals surface area contributed by atoms with Gasteiger partial charge in [0.1, 0.15) is 0 Å². The van der Waals surface area contributed by atoms with E-state index in [4.69, 9.17) is 4.74 Å². The van der Waals surface area contributed by atoms with Gasteiger partial charge in [0.2, 0.25) is 0 Å². The lowest BCUT2D eigenvalue weighted by atomic mass is 9.63. The third-order valence-electron chi connectivity index (χ3n) is 4.57. The Morgan fingerprint density at radius 1 is 1.41 bits per heavy atom. The Morgan fingerprint density at radius 2 is 2.12 bits per heavy atom. The first-order valence-electron chi connectivity index (χ1n) is 6.29. The fraction of sp³-hybridized carbons (Fsp3) is 0.714. The largest absolute Gasteiger partial charge is 0.469 e.